The molecule has 1 heterocycles. The lowest BCUT2D eigenvalue weighted by atomic mass is 9.88. The largest absolute Gasteiger partial charge is 0.457 e. The fourth-order valence-corrected chi connectivity index (χ4v) is 6.34. The molecule has 2 aromatic carbocycles. The van der Waals surface area contributed by atoms with Crippen molar-refractivity contribution >= 4 is 21.6 Å². The van der Waals surface area contributed by atoms with Crippen LogP contribution in [0.5, 0.6) is 11.5 Å². The molecule has 0 spiro atoms. The van der Waals surface area contributed by atoms with Crippen LogP contribution in [0, 0.1) is 11.8 Å². The number of piperidine rings is 1. The van der Waals surface area contributed by atoms with Gasteiger partial charge in [0, 0.05) is 31.2 Å². The van der Waals surface area contributed by atoms with E-state index in [9.17, 15) is 13.2 Å². The van der Waals surface area contributed by atoms with E-state index in [1.165, 1.54) is 37.7 Å². The average Bonchev–Trinajstić information content (AvgIpc) is 2.93. The van der Waals surface area contributed by atoms with Crippen molar-refractivity contribution in [2.75, 3.05) is 37.2 Å². The molecular weight excluding hydrogens is 510 g/mol. The van der Waals surface area contributed by atoms with E-state index in [1.54, 1.807) is 24.3 Å². The van der Waals surface area contributed by atoms with E-state index in [4.69, 9.17) is 4.74 Å². The van der Waals surface area contributed by atoms with E-state index >= 15 is 0 Å². The van der Waals surface area contributed by atoms with Crippen molar-refractivity contribution in [1.82, 2.24) is 9.80 Å². The second kappa shape index (κ2) is 14.2. The molecular formula is C31H45N3O4S. The lowest BCUT2D eigenvalue weighted by molar-refractivity contribution is -0.138. The highest BCUT2D eigenvalue weighted by atomic mass is 32.2. The van der Waals surface area contributed by atoms with Gasteiger partial charge in [-0.05, 0) is 93.1 Å². The molecule has 214 valence electrons. The fourth-order valence-electron chi connectivity index (χ4n) is 5.78. The number of nitrogens with one attached hydrogen (secondary N) is 1. The summed E-state index contributed by atoms with van der Waals surface area (Å²) >= 11 is 0. The number of sulfonamides is 1. The van der Waals surface area contributed by atoms with Crippen molar-refractivity contribution in [2.45, 2.75) is 71.3 Å². The molecule has 39 heavy (non-hydrogen) atoms. The Hall–Kier alpha value is -2.58. The molecule has 0 unspecified atom stereocenters. The van der Waals surface area contributed by atoms with Gasteiger partial charge in [-0.25, -0.2) is 8.42 Å². The van der Waals surface area contributed by atoms with Gasteiger partial charge < -0.3 is 9.64 Å². The van der Waals surface area contributed by atoms with Gasteiger partial charge in [-0.1, -0.05) is 44.7 Å². The minimum atomic E-state index is -3.30. The van der Waals surface area contributed by atoms with Crippen LogP contribution in [0.25, 0.3) is 0 Å². The number of amides is 1. The molecule has 2 aliphatic rings. The average molecular weight is 556 g/mol. The normalized spacial score (nSPS) is 17.6. The van der Waals surface area contributed by atoms with E-state index in [0.717, 1.165) is 70.4 Å². The van der Waals surface area contributed by atoms with Gasteiger partial charge in [0.2, 0.25) is 15.9 Å². The first-order valence-corrected chi connectivity index (χ1v) is 16.5. The summed E-state index contributed by atoms with van der Waals surface area (Å²) in [6.07, 6.45) is 11.8. The van der Waals surface area contributed by atoms with Crippen LogP contribution in [0.4, 0.5) is 5.69 Å². The monoisotopic (exact) mass is 555 g/mol. The van der Waals surface area contributed by atoms with E-state index in [0.29, 0.717) is 23.3 Å². The Morgan fingerprint density at radius 1 is 0.949 bits per heavy atom. The third-order valence-electron chi connectivity index (χ3n) is 7.96. The quantitative estimate of drug-likeness (QED) is 0.334. The predicted molar refractivity (Wildman–Crippen MR) is 157 cm³/mol. The molecule has 1 saturated heterocycles. The van der Waals surface area contributed by atoms with Gasteiger partial charge in [-0.2, -0.15) is 0 Å². The first-order chi connectivity index (χ1) is 18.8. The third-order valence-corrected chi connectivity index (χ3v) is 8.56. The number of likely N-dealkylation sites (tertiary alicyclic amines) is 1. The maximum Gasteiger partial charge on any atom is 0.229 e. The molecule has 0 aromatic heterocycles. The maximum atomic E-state index is 13.5. The summed E-state index contributed by atoms with van der Waals surface area (Å²) in [5.41, 5.74) is 1.73. The summed E-state index contributed by atoms with van der Waals surface area (Å²) in [5, 5.41) is 0. The number of rotatable bonds is 12. The number of carbonyl (C=O) groups excluding carboxylic acids is 1. The van der Waals surface area contributed by atoms with Gasteiger partial charge in [-0.15, -0.1) is 0 Å². The zero-order chi connectivity index (χ0) is 27.7. The van der Waals surface area contributed by atoms with Crippen LogP contribution in [-0.2, 0) is 21.4 Å². The Morgan fingerprint density at radius 3 is 2.15 bits per heavy atom. The molecule has 2 aromatic rings. The summed E-state index contributed by atoms with van der Waals surface area (Å²) in [4.78, 5) is 18.1. The molecule has 7 nitrogen and oxygen atoms in total. The topological polar surface area (TPSA) is 79.0 Å². The van der Waals surface area contributed by atoms with Crippen LogP contribution in [-0.4, -0.2) is 56.6 Å². The van der Waals surface area contributed by atoms with E-state index in [2.05, 4.69) is 33.6 Å². The highest BCUT2D eigenvalue weighted by Crippen LogP contribution is 2.28. The van der Waals surface area contributed by atoms with Gasteiger partial charge in [0.15, 0.2) is 0 Å². The number of carbonyl (C=O) groups is 1. The Bertz CT molecular complexity index is 1140. The summed E-state index contributed by atoms with van der Waals surface area (Å²) < 4.78 is 31.1. The molecule has 1 aliphatic carbocycles. The Morgan fingerprint density at radius 2 is 1.56 bits per heavy atom. The van der Waals surface area contributed by atoms with Gasteiger partial charge in [0.05, 0.1) is 6.26 Å². The van der Waals surface area contributed by atoms with Crippen molar-refractivity contribution in [3.05, 3.63) is 54.1 Å². The van der Waals surface area contributed by atoms with Crippen molar-refractivity contribution < 1.29 is 17.9 Å². The molecule has 4 rings (SSSR count). The number of hydrogen-bond acceptors (Lipinski definition) is 5. The lowest BCUT2D eigenvalue weighted by Crippen LogP contribution is -2.44. The van der Waals surface area contributed by atoms with Gasteiger partial charge in [-0.3, -0.25) is 14.4 Å². The first kappa shape index (κ1) is 29.4. The number of nitrogens with zero attached hydrogens (tertiary/aromatic N) is 2. The minimum Gasteiger partial charge on any atom is -0.457 e. The lowest BCUT2D eigenvalue weighted by Gasteiger charge is -2.36. The van der Waals surface area contributed by atoms with Crippen LogP contribution >= 0.6 is 0 Å². The number of unbranched alkanes of at least 4 members (excludes halogenated alkanes) is 1. The first-order valence-electron chi connectivity index (χ1n) is 14.6. The van der Waals surface area contributed by atoms with Crippen LogP contribution in [0.15, 0.2) is 48.5 Å². The highest BCUT2D eigenvalue weighted by Gasteiger charge is 2.30. The van der Waals surface area contributed by atoms with Crippen molar-refractivity contribution in [3.8, 4) is 11.5 Å². The predicted octanol–water partition coefficient (Wildman–Crippen LogP) is 6.27. The summed E-state index contributed by atoms with van der Waals surface area (Å²) in [6.45, 7) is 6.87. The molecule has 0 atom stereocenters. The standard InChI is InChI=1S/C31H45N3O4S/c1-3-4-20-34(24-25-8-6-5-7-9-25)31(35)27-18-21-33(22-19-27)23-26-10-14-29(15-11-26)38-30-16-12-28(13-17-30)32-39(2,36)37/h10-17,25,27,32H,3-9,18-24H2,1-2H3. The van der Waals surface area contributed by atoms with E-state index in [-0.39, 0.29) is 5.92 Å². The number of anilines is 1. The van der Waals surface area contributed by atoms with Crippen molar-refractivity contribution in [2.24, 2.45) is 11.8 Å². The van der Waals surface area contributed by atoms with Gasteiger partial charge in [0.25, 0.3) is 0 Å². The molecule has 1 amide bonds. The highest BCUT2D eigenvalue weighted by molar-refractivity contribution is 7.92. The summed E-state index contributed by atoms with van der Waals surface area (Å²) in [5.74, 6) is 2.64. The number of ether oxygens (including phenoxy) is 1. The van der Waals surface area contributed by atoms with Crippen molar-refractivity contribution in [3.63, 3.8) is 0 Å². The number of benzene rings is 2. The minimum absolute atomic E-state index is 0.163. The van der Waals surface area contributed by atoms with Crippen molar-refractivity contribution in [1.29, 1.82) is 0 Å². The number of hydrogen-bond donors (Lipinski definition) is 1. The second-order valence-electron chi connectivity index (χ2n) is 11.3. The zero-order valence-corrected chi connectivity index (χ0v) is 24.4. The summed E-state index contributed by atoms with van der Waals surface area (Å²) in [6, 6.07) is 14.9. The molecule has 2 fully saturated rings. The third kappa shape index (κ3) is 9.53. The maximum absolute atomic E-state index is 13.5. The zero-order valence-electron chi connectivity index (χ0n) is 23.6. The second-order valence-corrected chi connectivity index (χ2v) is 13.1. The smallest absolute Gasteiger partial charge is 0.229 e. The SMILES string of the molecule is CCCCN(CC1CCCCC1)C(=O)C1CCN(Cc2ccc(Oc3ccc(NS(C)(=O)=O)cc3)cc2)CC1. The van der Waals surface area contributed by atoms with E-state index < -0.39 is 10.0 Å². The molecule has 1 aliphatic heterocycles. The fraction of sp³-hybridized carbons (Fsp3) is 0.581. The van der Waals surface area contributed by atoms with Crippen LogP contribution in [0.1, 0.15) is 70.3 Å². The van der Waals surface area contributed by atoms with Crippen LogP contribution < -0.4 is 9.46 Å². The molecule has 1 N–H and O–H groups in total. The Labute approximate surface area is 235 Å². The Kier molecular flexibility index (Phi) is 10.7. The van der Waals surface area contributed by atoms with Gasteiger partial charge in [0.1, 0.15) is 11.5 Å². The summed E-state index contributed by atoms with van der Waals surface area (Å²) in [7, 11) is -3.30. The molecule has 0 radical (unpaired) electrons. The molecule has 8 heteroatoms. The van der Waals surface area contributed by atoms with Crippen LogP contribution in [0.3, 0.4) is 0 Å². The molecule has 0 bridgehead atoms. The van der Waals surface area contributed by atoms with Crippen LogP contribution in [0.2, 0.25) is 0 Å². The van der Waals surface area contributed by atoms with E-state index in [1.807, 2.05) is 12.1 Å². The Balaban J connectivity index is 1.24. The molecule has 1 saturated carbocycles. The van der Waals surface area contributed by atoms with Gasteiger partial charge >= 0.3 is 0 Å².